The number of hydrogen-bond donors (Lipinski definition) is 1. The lowest BCUT2D eigenvalue weighted by atomic mass is 10.1. The maximum Gasteiger partial charge on any atom is 0.125 e. The molecule has 0 unspecified atom stereocenters. The smallest absolute Gasteiger partial charge is 0.125 e. The van der Waals surface area contributed by atoms with E-state index in [1.54, 1.807) is 0 Å². The van der Waals surface area contributed by atoms with Crippen LogP contribution in [-0.2, 0) is 0 Å². The highest BCUT2D eigenvalue weighted by atomic mass is 79.9. The van der Waals surface area contributed by atoms with Crippen molar-refractivity contribution in [2.24, 2.45) is 5.73 Å². The third kappa shape index (κ3) is 4.14. The van der Waals surface area contributed by atoms with Crippen LogP contribution >= 0.6 is 15.9 Å². The lowest BCUT2D eigenvalue weighted by Gasteiger charge is -2.14. The van der Waals surface area contributed by atoms with Crippen LogP contribution in [0.1, 0.15) is 44.7 Å². The number of hydrogen-bond acceptors (Lipinski definition) is 2. The molecule has 0 aliphatic carbocycles. The fourth-order valence-electron chi connectivity index (χ4n) is 1.54. The topological polar surface area (TPSA) is 35.2 Å². The molecule has 0 aliphatic rings. The maximum atomic E-state index is 5.90. The molecule has 0 bridgehead atoms. The van der Waals surface area contributed by atoms with Gasteiger partial charge in [0, 0.05) is 16.1 Å². The molecule has 0 aliphatic heterocycles. The summed E-state index contributed by atoms with van der Waals surface area (Å²) in [5.74, 6) is 0.903. The Morgan fingerprint density at radius 3 is 2.75 bits per heavy atom. The van der Waals surface area contributed by atoms with Crippen LogP contribution in [-0.4, -0.2) is 6.61 Å². The lowest BCUT2D eigenvalue weighted by Crippen LogP contribution is -2.08. The molecule has 90 valence electrons. The number of ether oxygens (including phenoxy) is 1. The van der Waals surface area contributed by atoms with E-state index in [4.69, 9.17) is 10.5 Å². The summed E-state index contributed by atoms with van der Waals surface area (Å²) in [4.78, 5) is 0. The van der Waals surface area contributed by atoms with Crippen LogP contribution in [0.3, 0.4) is 0 Å². The number of benzene rings is 1. The molecule has 0 saturated carbocycles. The maximum absolute atomic E-state index is 5.90. The third-order valence-electron chi connectivity index (χ3n) is 2.47. The van der Waals surface area contributed by atoms with Gasteiger partial charge in [0.15, 0.2) is 0 Å². The van der Waals surface area contributed by atoms with E-state index in [2.05, 4.69) is 22.9 Å². The fourth-order valence-corrected chi connectivity index (χ4v) is 1.88. The summed E-state index contributed by atoms with van der Waals surface area (Å²) in [6.45, 7) is 4.93. The average molecular weight is 286 g/mol. The van der Waals surface area contributed by atoms with Gasteiger partial charge >= 0.3 is 0 Å². The quantitative estimate of drug-likeness (QED) is 0.801. The molecule has 0 radical (unpaired) electrons. The molecule has 0 spiro atoms. The minimum absolute atomic E-state index is 0.00859. The second-order valence-corrected chi connectivity index (χ2v) is 4.94. The van der Waals surface area contributed by atoms with Gasteiger partial charge in [-0.1, -0.05) is 41.8 Å². The fraction of sp³-hybridized carbons (Fsp3) is 0.538. The van der Waals surface area contributed by atoms with Gasteiger partial charge in [-0.25, -0.2) is 0 Å². The molecule has 3 heteroatoms. The van der Waals surface area contributed by atoms with Gasteiger partial charge in [0.1, 0.15) is 5.75 Å². The van der Waals surface area contributed by atoms with Gasteiger partial charge in [-0.2, -0.15) is 0 Å². The molecule has 1 atom stereocenters. The zero-order valence-electron chi connectivity index (χ0n) is 10.0. The van der Waals surface area contributed by atoms with Crippen molar-refractivity contribution in [2.45, 2.75) is 39.2 Å². The minimum Gasteiger partial charge on any atom is -0.493 e. The molecule has 0 saturated heterocycles. The minimum atomic E-state index is 0.00859. The summed E-state index contributed by atoms with van der Waals surface area (Å²) >= 11 is 3.45. The van der Waals surface area contributed by atoms with Crippen LogP contribution < -0.4 is 10.5 Å². The van der Waals surface area contributed by atoms with Gasteiger partial charge in [0.05, 0.1) is 6.61 Å². The highest BCUT2D eigenvalue weighted by Gasteiger charge is 2.08. The summed E-state index contributed by atoms with van der Waals surface area (Å²) in [6.07, 6.45) is 3.52. The molecule has 0 heterocycles. The van der Waals surface area contributed by atoms with E-state index in [9.17, 15) is 0 Å². The molecule has 1 rings (SSSR count). The van der Waals surface area contributed by atoms with Gasteiger partial charge in [0.2, 0.25) is 0 Å². The van der Waals surface area contributed by atoms with Gasteiger partial charge in [0.25, 0.3) is 0 Å². The Labute approximate surface area is 106 Å². The van der Waals surface area contributed by atoms with Gasteiger partial charge in [-0.3, -0.25) is 0 Å². The largest absolute Gasteiger partial charge is 0.493 e. The Balaban J connectivity index is 2.65. The third-order valence-corrected chi connectivity index (χ3v) is 2.96. The van der Waals surface area contributed by atoms with Crippen LogP contribution in [0, 0.1) is 0 Å². The summed E-state index contributed by atoms with van der Waals surface area (Å²) in [5.41, 5.74) is 6.97. The normalized spacial score (nSPS) is 12.5. The van der Waals surface area contributed by atoms with Crippen molar-refractivity contribution in [1.82, 2.24) is 0 Å². The van der Waals surface area contributed by atoms with Gasteiger partial charge in [-0.05, 0) is 25.5 Å². The Morgan fingerprint density at radius 2 is 2.12 bits per heavy atom. The van der Waals surface area contributed by atoms with Gasteiger partial charge < -0.3 is 10.5 Å². The van der Waals surface area contributed by atoms with Crippen molar-refractivity contribution in [1.29, 1.82) is 0 Å². The van der Waals surface area contributed by atoms with Gasteiger partial charge in [-0.15, -0.1) is 0 Å². The summed E-state index contributed by atoms with van der Waals surface area (Å²) in [5, 5.41) is 0. The monoisotopic (exact) mass is 285 g/mol. The number of nitrogens with two attached hydrogens (primary N) is 1. The van der Waals surface area contributed by atoms with Crippen LogP contribution in [0.5, 0.6) is 5.75 Å². The van der Waals surface area contributed by atoms with E-state index >= 15 is 0 Å². The lowest BCUT2D eigenvalue weighted by molar-refractivity contribution is 0.302. The first-order valence-corrected chi connectivity index (χ1v) is 6.62. The highest BCUT2D eigenvalue weighted by molar-refractivity contribution is 9.10. The molecule has 0 aromatic heterocycles. The molecule has 2 N–H and O–H groups in total. The van der Waals surface area contributed by atoms with Crippen LogP contribution in [0.15, 0.2) is 22.7 Å². The Bertz CT molecular complexity index is 326. The van der Waals surface area contributed by atoms with Crippen molar-refractivity contribution in [2.75, 3.05) is 6.61 Å². The number of unbranched alkanes of at least 4 members (excludes halogenated alkanes) is 2. The van der Waals surface area contributed by atoms with E-state index in [1.807, 2.05) is 25.1 Å². The van der Waals surface area contributed by atoms with E-state index in [1.165, 1.54) is 12.8 Å². The van der Waals surface area contributed by atoms with Crippen LogP contribution in [0.2, 0.25) is 0 Å². The second kappa shape index (κ2) is 6.92. The Hall–Kier alpha value is -0.540. The van der Waals surface area contributed by atoms with E-state index in [0.29, 0.717) is 0 Å². The first-order chi connectivity index (χ1) is 7.65. The standard InChI is InChI=1S/C13H20BrNO/c1-3-4-5-8-16-13-9-11(14)6-7-12(13)10(2)15/h6-7,9-10H,3-5,8,15H2,1-2H3/t10-/m1/s1. The molecule has 0 amide bonds. The predicted molar refractivity (Wildman–Crippen MR) is 71.8 cm³/mol. The zero-order chi connectivity index (χ0) is 12.0. The summed E-state index contributed by atoms with van der Waals surface area (Å²) in [6, 6.07) is 6.01. The van der Waals surface area contributed by atoms with Crippen LogP contribution in [0.25, 0.3) is 0 Å². The predicted octanol–water partition coefficient (Wildman–Crippen LogP) is 4.04. The Kier molecular flexibility index (Phi) is 5.85. The highest BCUT2D eigenvalue weighted by Crippen LogP contribution is 2.27. The number of halogens is 1. The average Bonchev–Trinajstić information content (AvgIpc) is 2.24. The molecular weight excluding hydrogens is 266 g/mol. The molecule has 1 aromatic rings. The van der Waals surface area contributed by atoms with Crippen molar-refractivity contribution < 1.29 is 4.74 Å². The van der Waals surface area contributed by atoms with Crippen molar-refractivity contribution in [3.63, 3.8) is 0 Å². The van der Waals surface area contributed by atoms with Crippen molar-refractivity contribution >= 4 is 15.9 Å². The molecule has 2 nitrogen and oxygen atoms in total. The van der Waals surface area contributed by atoms with Crippen molar-refractivity contribution in [3.05, 3.63) is 28.2 Å². The SMILES string of the molecule is CCCCCOc1cc(Br)ccc1[C@@H](C)N. The molecular formula is C13H20BrNO. The summed E-state index contributed by atoms with van der Waals surface area (Å²) < 4.78 is 6.80. The zero-order valence-corrected chi connectivity index (χ0v) is 11.6. The first-order valence-electron chi connectivity index (χ1n) is 5.83. The first kappa shape index (κ1) is 13.5. The molecule has 16 heavy (non-hydrogen) atoms. The number of rotatable bonds is 6. The Morgan fingerprint density at radius 1 is 1.38 bits per heavy atom. The van der Waals surface area contributed by atoms with E-state index in [-0.39, 0.29) is 6.04 Å². The van der Waals surface area contributed by atoms with Crippen molar-refractivity contribution in [3.8, 4) is 5.75 Å². The second-order valence-electron chi connectivity index (χ2n) is 4.03. The summed E-state index contributed by atoms with van der Waals surface area (Å²) in [7, 11) is 0. The van der Waals surface area contributed by atoms with Crippen LogP contribution in [0.4, 0.5) is 0 Å². The molecule has 0 fully saturated rings. The van der Waals surface area contributed by atoms with E-state index in [0.717, 1.165) is 28.8 Å². The van der Waals surface area contributed by atoms with E-state index < -0.39 is 0 Å². The molecule has 1 aromatic carbocycles.